The van der Waals surface area contributed by atoms with Crippen LogP contribution in [0.5, 0.6) is 5.75 Å². The van der Waals surface area contributed by atoms with Crippen LogP contribution in [0, 0.1) is 0 Å². The number of ether oxygens (including phenoxy) is 2. The van der Waals surface area contributed by atoms with Gasteiger partial charge in [-0.15, -0.1) is 4.40 Å². The van der Waals surface area contributed by atoms with Crippen LogP contribution in [0.4, 0.5) is 0 Å². The number of carbonyl (C=O) groups is 1. The molecule has 2 aromatic carbocycles. The lowest BCUT2D eigenvalue weighted by Gasteiger charge is -2.02. The van der Waals surface area contributed by atoms with Crippen molar-refractivity contribution in [3.63, 3.8) is 0 Å². The molecule has 0 spiro atoms. The predicted octanol–water partition coefficient (Wildman–Crippen LogP) is 2.71. The Bertz CT molecular complexity index is 1160. The van der Waals surface area contributed by atoms with Crippen LogP contribution < -0.4 is 9.54 Å². The number of aryl methyl sites for hydroxylation is 1. The second kappa shape index (κ2) is 7.53. The summed E-state index contributed by atoms with van der Waals surface area (Å²) in [4.78, 5) is 12.3. The van der Waals surface area contributed by atoms with Gasteiger partial charge in [-0.2, -0.15) is 8.42 Å². The van der Waals surface area contributed by atoms with Crippen molar-refractivity contribution in [3.05, 3.63) is 52.8 Å². The van der Waals surface area contributed by atoms with Gasteiger partial charge in [0.1, 0.15) is 5.75 Å². The number of aromatic nitrogens is 1. The number of sulfonamides is 1. The Morgan fingerprint density at radius 1 is 1.19 bits per heavy atom. The van der Waals surface area contributed by atoms with E-state index in [0.29, 0.717) is 16.1 Å². The summed E-state index contributed by atoms with van der Waals surface area (Å²) in [5.74, 6) is 0.146. The van der Waals surface area contributed by atoms with Crippen LogP contribution in [-0.2, 0) is 21.8 Å². The van der Waals surface area contributed by atoms with Crippen LogP contribution in [0.25, 0.3) is 10.2 Å². The smallest absolute Gasteiger partial charge is 0.338 e. The van der Waals surface area contributed by atoms with E-state index in [2.05, 4.69) is 4.40 Å². The first-order valence-corrected chi connectivity index (χ1v) is 10.3. The lowest BCUT2D eigenvalue weighted by Crippen LogP contribution is -2.13. The molecular formula is C18H18N2O5S2. The molecule has 0 N–H and O–H groups in total. The van der Waals surface area contributed by atoms with Crippen LogP contribution in [0.3, 0.4) is 0 Å². The van der Waals surface area contributed by atoms with E-state index in [9.17, 15) is 13.2 Å². The third-order valence-corrected chi connectivity index (χ3v) is 6.37. The highest BCUT2D eigenvalue weighted by molar-refractivity contribution is 7.90. The molecule has 0 amide bonds. The number of methoxy groups -OCH3 is 1. The van der Waals surface area contributed by atoms with E-state index in [4.69, 9.17) is 9.47 Å². The lowest BCUT2D eigenvalue weighted by atomic mass is 10.2. The molecular weight excluding hydrogens is 388 g/mol. The predicted molar refractivity (Wildman–Crippen MR) is 102 cm³/mol. The molecule has 1 aromatic heterocycles. The minimum absolute atomic E-state index is 0.0768. The lowest BCUT2D eigenvalue weighted by molar-refractivity contribution is 0.0526. The van der Waals surface area contributed by atoms with Gasteiger partial charge in [-0.3, -0.25) is 0 Å². The van der Waals surface area contributed by atoms with Crippen molar-refractivity contribution in [2.45, 2.75) is 11.8 Å². The highest BCUT2D eigenvalue weighted by Crippen LogP contribution is 2.21. The zero-order chi connectivity index (χ0) is 19.6. The summed E-state index contributed by atoms with van der Waals surface area (Å²) in [6.45, 7) is 2.03. The van der Waals surface area contributed by atoms with E-state index in [1.54, 1.807) is 48.9 Å². The maximum absolute atomic E-state index is 12.6. The number of esters is 1. The molecule has 9 heteroatoms. The Hall–Kier alpha value is -2.65. The van der Waals surface area contributed by atoms with E-state index in [-0.39, 0.29) is 11.5 Å². The Morgan fingerprint density at radius 3 is 2.52 bits per heavy atom. The summed E-state index contributed by atoms with van der Waals surface area (Å²) in [5, 5.41) is 0. The molecule has 0 aliphatic carbocycles. The van der Waals surface area contributed by atoms with Gasteiger partial charge in [0, 0.05) is 7.05 Å². The van der Waals surface area contributed by atoms with Crippen molar-refractivity contribution in [1.29, 1.82) is 0 Å². The summed E-state index contributed by atoms with van der Waals surface area (Å²) in [7, 11) is -0.639. The summed E-state index contributed by atoms with van der Waals surface area (Å²) in [5.41, 5.74) is 1.19. The number of benzene rings is 2. The topological polar surface area (TPSA) is 87.0 Å². The molecule has 7 nitrogen and oxygen atoms in total. The zero-order valence-electron chi connectivity index (χ0n) is 15.0. The molecule has 3 rings (SSSR count). The third kappa shape index (κ3) is 3.88. The molecule has 0 saturated carbocycles. The summed E-state index contributed by atoms with van der Waals surface area (Å²) in [6, 6.07) is 11.1. The second-order valence-electron chi connectivity index (χ2n) is 5.59. The number of hydrogen-bond acceptors (Lipinski definition) is 6. The van der Waals surface area contributed by atoms with Crippen molar-refractivity contribution in [1.82, 2.24) is 4.57 Å². The molecule has 142 valence electrons. The number of hydrogen-bond donors (Lipinski definition) is 0. The third-order valence-electron chi connectivity index (χ3n) is 3.88. The Morgan fingerprint density at radius 2 is 1.89 bits per heavy atom. The van der Waals surface area contributed by atoms with E-state index >= 15 is 0 Å². The monoisotopic (exact) mass is 406 g/mol. The quantitative estimate of drug-likeness (QED) is 0.608. The first-order chi connectivity index (χ1) is 12.9. The van der Waals surface area contributed by atoms with E-state index in [1.165, 1.54) is 30.6 Å². The van der Waals surface area contributed by atoms with Crippen LogP contribution in [0.1, 0.15) is 17.3 Å². The van der Waals surface area contributed by atoms with Crippen molar-refractivity contribution in [2.24, 2.45) is 11.4 Å². The molecule has 0 radical (unpaired) electrons. The maximum Gasteiger partial charge on any atom is 0.338 e. The molecule has 0 unspecified atom stereocenters. The van der Waals surface area contributed by atoms with Gasteiger partial charge in [-0.05, 0) is 49.4 Å². The van der Waals surface area contributed by atoms with Crippen LogP contribution in [-0.4, -0.2) is 32.7 Å². The molecule has 0 aliphatic heterocycles. The first-order valence-electron chi connectivity index (χ1n) is 8.07. The fraction of sp³-hybridized carbons (Fsp3) is 0.222. The molecule has 3 aromatic rings. The van der Waals surface area contributed by atoms with Gasteiger partial charge in [-0.25, -0.2) is 4.79 Å². The van der Waals surface area contributed by atoms with Gasteiger partial charge in [0.2, 0.25) is 4.80 Å². The van der Waals surface area contributed by atoms with Crippen LogP contribution in [0.2, 0.25) is 0 Å². The van der Waals surface area contributed by atoms with Crippen molar-refractivity contribution in [2.75, 3.05) is 13.7 Å². The van der Waals surface area contributed by atoms with Gasteiger partial charge in [0.15, 0.2) is 0 Å². The summed E-state index contributed by atoms with van der Waals surface area (Å²) in [6.07, 6.45) is 0. The van der Waals surface area contributed by atoms with E-state index < -0.39 is 16.0 Å². The fourth-order valence-electron chi connectivity index (χ4n) is 2.47. The van der Waals surface area contributed by atoms with Crippen molar-refractivity contribution < 1.29 is 22.7 Å². The zero-order valence-corrected chi connectivity index (χ0v) is 16.6. The first kappa shape index (κ1) is 19.1. The van der Waals surface area contributed by atoms with E-state index in [1.807, 2.05) is 0 Å². The summed E-state index contributed by atoms with van der Waals surface area (Å²) >= 11 is 1.19. The number of nitrogens with zero attached hydrogens (tertiary/aromatic N) is 2. The van der Waals surface area contributed by atoms with Crippen molar-refractivity contribution >= 4 is 37.5 Å². The number of rotatable bonds is 5. The van der Waals surface area contributed by atoms with Gasteiger partial charge >= 0.3 is 5.97 Å². The summed E-state index contributed by atoms with van der Waals surface area (Å²) < 4.78 is 41.6. The van der Waals surface area contributed by atoms with Gasteiger partial charge in [0.25, 0.3) is 10.0 Å². The number of thiazole rings is 1. The fourth-order valence-corrected chi connectivity index (χ4v) is 4.75. The average molecular weight is 406 g/mol. The Kier molecular flexibility index (Phi) is 5.33. The molecule has 0 atom stereocenters. The highest BCUT2D eigenvalue weighted by atomic mass is 32.2. The molecule has 0 fully saturated rings. The molecule has 0 saturated heterocycles. The van der Waals surface area contributed by atoms with Gasteiger partial charge in [0.05, 0.1) is 34.4 Å². The molecule has 0 aliphatic rings. The average Bonchev–Trinajstić information content (AvgIpc) is 2.96. The highest BCUT2D eigenvalue weighted by Gasteiger charge is 2.15. The normalized spacial score (nSPS) is 12.3. The Labute approximate surface area is 160 Å². The minimum atomic E-state index is -3.88. The molecule has 27 heavy (non-hydrogen) atoms. The van der Waals surface area contributed by atoms with Crippen LogP contribution >= 0.6 is 11.3 Å². The minimum Gasteiger partial charge on any atom is -0.497 e. The molecule has 1 heterocycles. The van der Waals surface area contributed by atoms with Gasteiger partial charge < -0.3 is 14.0 Å². The number of fused-ring (bicyclic) bond motifs is 1. The maximum atomic E-state index is 12.6. The molecule has 0 bridgehead atoms. The van der Waals surface area contributed by atoms with Crippen LogP contribution in [0.15, 0.2) is 51.8 Å². The second-order valence-corrected chi connectivity index (χ2v) is 8.20. The number of carbonyl (C=O) groups excluding carboxylic acids is 1. The largest absolute Gasteiger partial charge is 0.497 e. The van der Waals surface area contributed by atoms with Gasteiger partial charge in [-0.1, -0.05) is 11.3 Å². The van der Waals surface area contributed by atoms with Crippen molar-refractivity contribution in [3.8, 4) is 5.75 Å². The Balaban J connectivity index is 2.07. The van der Waals surface area contributed by atoms with E-state index in [0.717, 1.165) is 10.2 Å². The standard InChI is InChI=1S/C18H18N2O5S2/c1-4-25-17(21)12-5-10-15-16(11-12)26-18(20(15)2)19-27(22,23)14-8-6-13(24-3)7-9-14/h5-11H,4H2,1-3H3/b19-18-. The SMILES string of the molecule is CCOC(=O)c1ccc2c(c1)s/c(=N\S(=O)(=O)c1ccc(OC)cc1)n2C.